The Hall–Kier alpha value is -3.06. The Balaban J connectivity index is 1.66. The highest BCUT2D eigenvalue weighted by Crippen LogP contribution is 2.23. The number of likely N-dealkylation sites (tertiary alicyclic amines) is 1. The summed E-state index contributed by atoms with van der Waals surface area (Å²) in [6.07, 6.45) is 1.33. The van der Waals surface area contributed by atoms with E-state index in [-0.39, 0.29) is 17.8 Å². The zero-order valence-electron chi connectivity index (χ0n) is 15.4. The summed E-state index contributed by atoms with van der Waals surface area (Å²) in [5.41, 5.74) is 1.72. The highest BCUT2D eigenvalue weighted by atomic mass is 35.5. The predicted octanol–water partition coefficient (Wildman–Crippen LogP) is 3.93. The van der Waals surface area contributed by atoms with Crippen molar-refractivity contribution in [3.8, 4) is 0 Å². The average molecular weight is 401 g/mol. The van der Waals surface area contributed by atoms with Crippen molar-refractivity contribution in [1.29, 1.82) is 0 Å². The second-order valence-electron chi connectivity index (χ2n) is 6.54. The molecule has 3 rings (SSSR count). The van der Waals surface area contributed by atoms with Gasteiger partial charge in [-0.2, -0.15) is 0 Å². The zero-order valence-corrected chi connectivity index (χ0v) is 16.1. The Morgan fingerprint density at radius 3 is 2.29 bits per heavy atom. The van der Waals surface area contributed by atoms with Gasteiger partial charge in [0.15, 0.2) is 0 Å². The molecule has 8 heteroatoms. The normalized spacial score (nSPS) is 15.8. The van der Waals surface area contributed by atoms with Crippen LogP contribution < -0.4 is 16.0 Å². The predicted molar refractivity (Wildman–Crippen MR) is 110 cm³/mol. The number of rotatable bonds is 4. The molecule has 28 heavy (non-hydrogen) atoms. The number of carbonyl (C=O) groups excluding carboxylic acids is 3. The van der Waals surface area contributed by atoms with Crippen LogP contribution in [0, 0.1) is 0 Å². The maximum absolute atomic E-state index is 12.7. The minimum absolute atomic E-state index is 0.192. The number of anilines is 3. The molecule has 0 unspecified atom stereocenters. The molecule has 0 aliphatic carbocycles. The molecule has 0 bridgehead atoms. The van der Waals surface area contributed by atoms with Gasteiger partial charge in [-0.3, -0.25) is 9.59 Å². The molecule has 1 saturated heterocycles. The summed E-state index contributed by atoms with van der Waals surface area (Å²) in [6, 6.07) is 12.8. The van der Waals surface area contributed by atoms with Crippen molar-refractivity contribution in [2.75, 3.05) is 22.5 Å². The maximum atomic E-state index is 12.7. The Bertz CT molecular complexity index is 903. The van der Waals surface area contributed by atoms with Gasteiger partial charge < -0.3 is 20.9 Å². The standard InChI is InChI=1S/C20H21ClN4O3/c1-13(26)22-16-7-3-8-17(12-16)23-19(27)18-9-4-10-25(18)20(28)24-15-6-2-5-14(21)11-15/h2-3,5-8,11-12,18H,4,9-10H2,1H3,(H,22,26)(H,23,27)(H,24,28)/t18-/m0/s1. The number of benzene rings is 2. The van der Waals surface area contributed by atoms with Gasteiger partial charge in [-0.25, -0.2) is 4.79 Å². The van der Waals surface area contributed by atoms with Gasteiger partial charge in [-0.15, -0.1) is 0 Å². The summed E-state index contributed by atoms with van der Waals surface area (Å²) in [5.74, 6) is -0.457. The molecule has 0 spiro atoms. The summed E-state index contributed by atoms with van der Waals surface area (Å²) in [7, 11) is 0. The molecule has 1 aliphatic rings. The van der Waals surface area contributed by atoms with Crippen LogP contribution in [0.4, 0.5) is 21.9 Å². The van der Waals surface area contributed by atoms with Crippen LogP contribution in [0.15, 0.2) is 48.5 Å². The third-order valence-corrected chi connectivity index (χ3v) is 4.58. The van der Waals surface area contributed by atoms with Crippen LogP contribution >= 0.6 is 11.6 Å². The van der Waals surface area contributed by atoms with E-state index in [9.17, 15) is 14.4 Å². The minimum Gasteiger partial charge on any atom is -0.326 e. The Kier molecular flexibility index (Phi) is 6.16. The van der Waals surface area contributed by atoms with Gasteiger partial charge in [0.2, 0.25) is 11.8 Å². The summed E-state index contributed by atoms with van der Waals surface area (Å²) in [6.45, 7) is 1.91. The van der Waals surface area contributed by atoms with Crippen molar-refractivity contribution in [2.24, 2.45) is 0 Å². The highest BCUT2D eigenvalue weighted by molar-refractivity contribution is 6.30. The lowest BCUT2D eigenvalue weighted by molar-refractivity contribution is -0.119. The van der Waals surface area contributed by atoms with Gasteiger partial charge in [0.25, 0.3) is 0 Å². The van der Waals surface area contributed by atoms with Crippen molar-refractivity contribution in [2.45, 2.75) is 25.8 Å². The van der Waals surface area contributed by atoms with Crippen LogP contribution in [0.1, 0.15) is 19.8 Å². The second-order valence-corrected chi connectivity index (χ2v) is 6.98. The van der Waals surface area contributed by atoms with Gasteiger partial charge in [0, 0.05) is 35.6 Å². The first-order chi connectivity index (χ1) is 13.4. The van der Waals surface area contributed by atoms with Crippen LogP contribution in [-0.2, 0) is 9.59 Å². The fraction of sp³-hybridized carbons (Fsp3) is 0.250. The van der Waals surface area contributed by atoms with E-state index in [2.05, 4.69) is 16.0 Å². The summed E-state index contributed by atoms with van der Waals surface area (Å²) >= 11 is 5.95. The lowest BCUT2D eigenvalue weighted by atomic mass is 10.2. The van der Waals surface area contributed by atoms with E-state index in [4.69, 9.17) is 11.6 Å². The lowest BCUT2D eigenvalue weighted by Gasteiger charge is -2.24. The molecule has 0 aromatic heterocycles. The maximum Gasteiger partial charge on any atom is 0.322 e. The molecule has 3 N–H and O–H groups in total. The van der Waals surface area contributed by atoms with Gasteiger partial charge in [-0.1, -0.05) is 23.7 Å². The molecule has 2 aromatic carbocycles. The largest absolute Gasteiger partial charge is 0.326 e. The van der Waals surface area contributed by atoms with Crippen molar-refractivity contribution in [3.63, 3.8) is 0 Å². The van der Waals surface area contributed by atoms with Crippen LogP contribution in [-0.4, -0.2) is 35.3 Å². The molecule has 0 saturated carbocycles. The van der Waals surface area contributed by atoms with Crippen molar-refractivity contribution < 1.29 is 14.4 Å². The minimum atomic E-state index is -0.566. The van der Waals surface area contributed by atoms with E-state index in [0.717, 1.165) is 6.42 Å². The third kappa shape index (κ3) is 5.01. The topological polar surface area (TPSA) is 90.5 Å². The summed E-state index contributed by atoms with van der Waals surface area (Å²) in [5, 5.41) is 8.79. The Morgan fingerprint density at radius 2 is 1.61 bits per heavy atom. The molecule has 146 valence electrons. The summed E-state index contributed by atoms with van der Waals surface area (Å²) < 4.78 is 0. The van der Waals surface area contributed by atoms with Crippen LogP contribution in [0.25, 0.3) is 0 Å². The summed E-state index contributed by atoms with van der Waals surface area (Å²) in [4.78, 5) is 38.1. The van der Waals surface area contributed by atoms with E-state index in [0.29, 0.717) is 35.1 Å². The molecule has 0 radical (unpaired) electrons. The lowest BCUT2D eigenvalue weighted by Crippen LogP contribution is -2.45. The first kappa shape index (κ1) is 19.7. The molecular weight excluding hydrogens is 380 g/mol. The van der Waals surface area contributed by atoms with Crippen molar-refractivity contribution in [3.05, 3.63) is 53.6 Å². The van der Waals surface area contributed by atoms with Gasteiger partial charge in [0.05, 0.1) is 0 Å². The number of nitrogens with zero attached hydrogens (tertiary/aromatic N) is 1. The molecule has 7 nitrogen and oxygen atoms in total. The Morgan fingerprint density at radius 1 is 0.964 bits per heavy atom. The highest BCUT2D eigenvalue weighted by Gasteiger charge is 2.34. The molecule has 1 atom stereocenters. The fourth-order valence-electron chi connectivity index (χ4n) is 3.15. The molecule has 1 heterocycles. The first-order valence-corrected chi connectivity index (χ1v) is 9.32. The van der Waals surface area contributed by atoms with Crippen LogP contribution in [0.3, 0.4) is 0 Å². The van der Waals surface area contributed by atoms with Crippen molar-refractivity contribution in [1.82, 2.24) is 4.90 Å². The molecule has 2 aromatic rings. The smallest absolute Gasteiger partial charge is 0.322 e. The van der Waals surface area contributed by atoms with Gasteiger partial charge in [-0.05, 0) is 49.2 Å². The van der Waals surface area contributed by atoms with Crippen LogP contribution in [0.5, 0.6) is 0 Å². The number of nitrogens with one attached hydrogen (secondary N) is 3. The number of halogens is 1. The fourth-order valence-corrected chi connectivity index (χ4v) is 3.34. The first-order valence-electron chi connectivity index (χ1n) is 8.94. The SMILES string of the molecule is CC(=O)Nc1cccc(NC(=O)[C@@H]2CCCN2C(=O)Nc2cccc(Cl)c2)c1. The number of urea groups is 1. The number of hydrogen-bond acceptors (Lipinski definition) is 3. The number of carbonyl (C=O) groups is 3. The second kappa shape index (κ2) is 8.75. The Labute approximate surface area is 168 Å². The zero-order chi connectivity index (χ0) is 20.1. The average Bonchev–Trinajstić information content (AvgIpc) is 3.11. The van der Waals surface area contributed by atoms with Gasteiger partial charge >= 0.3 is 6.03 Å². The molecule has 1 fully saturated rings. The number of hydrogen-bond donors (Lipinski definition) is 3. The quantitative estimate of drug-likeness (QED) is 0.726. The number of amides is 4. The third-order valence-electron chi connectivity index (χ3n) is 4.34. The van der Waals surface area contributed by atoms with Gasteiger partial charge in [0.1, 0.15) is 6.04 Å². The van der Waals surface area contributed by atoms with Crippen LogP contribution in [0.2, 0.25) is 5.02 Å². The van der Waals surface area contributed by atoms with E-state index < -0.39 is 6.04 Å². The molecular formula is C20H21ClN4O3. The molecule has 4 amide bonds. The van der Waals surface area contributed by atoms with E-state index in [1.54, 1.807) is 48.5 Å². The monoisotopic (exact) mass is 400 g/mol. The van der Waals surface area contributed by atoms with E-state index >= 15 is 0 Å². The van der Waals surface area contributed by atoms with E-state index in [1.165, 1.54) is 11.8 Å². The molecule has 1 aliphatic heterocycles. The van der Waals surface area contributed by atoms with E-state index in [1.807, 2.05) is 0 Å². The van der Waals surface area contributed by atoms with Crippen molar-refractivity contribution >= 4 is 46.5 Å².